The lowest BCUT2D eigenvalue weighted by Gasteiger charge is -2.29. The second-order valence-electron chi connectivity index (χ2n) is 5.14. The number of hydrogen-bond acceptors (Lipinski definition) is 4. The van der Waals surface area contributed by atoms with Crippen molar-refractivity contribution < 1.29 is 23.8 Å². The SMILES string of the molecule is COc1cccc(C(=O)C2COc3ccc(F)cc3C2O)c1. The van der Waals surface area contributed by atoms with Crippen molar-refractivity contribution in [3.8, 4) is 11.5 Å². The van der Waals surface area contributed by atoms with Crippen molar-refractivity contribution in [1.29, 1.82) is 0 Å². The molecule has 1 heterocycles. The van der Waals surface area contributed by atoms with Crippen molar-refractivity contribution in [2.75, 3.05) is 13.7 Å². The summed E-state index contributed by atoms with van der Waals surface area (Å²) in [4.78, 5) is 12.6. The van der Waals surface area contributed by atoms with E-state index in [4.69, 9.17) is 9.47 Å². The number of ether oxygens (including phenoxy) is 2. The standard InChI is InChI=1S/C17H15FO4/c1-21-12-4-2-3-10(7-12)16(19)14-9-22-15-6-5-11(18)8-13(15)17(14)20/h2-8,14,17,20H,9H2,1H3. The van der Waals surface area contributed by atoms with Crippen LogP contribution in [0, 0.1) is 11.7 Å². The second-order valence-corrected chi connectivity index (χ2v) is 5.14. The minimum atomic E-state index is -1.10. The van der Waals surface area contributed by atoms with Crippen LogP contribution in [0.15, 0.2) is 42.5 Å². The molecule has 1 aliphatic rings. The fraction of sp³-hybridized carbons (Fsp3) is 0.235. The van der Waals surface area contributed by atoms with E-state index in [1.165, 1.54) is 25.3 Å². The van der Waals surface area contributed by atoms with E-state index in [-0.39, 0.29) is 12.4 Å². The van der Waals surface area contributed by atoms with Crippen LogP contribution >= 0.6 is 0 Å². The molecule has 22 heavy (non-hydrogen) atoms. The van der Waals surface area contributed by atoms with Gasteiger partial charge in [0.2, 0.25) is 0 Å². The molecule has 3 rings (SSSR count). The Labute approximate surface area is 127 Å². The van der Waals surface area contributed by atoms with Gasteiger partial charge < -0.3 is 14.6 Å². The molecule has 5 heteroatoms. The number of ketones is 1. The van der Waals surface area contributed by atoms with E-state index in [1.54, 1.807) is 24.3 Å². The smallest absolute Gasteiger partial charge is 0.172 e. The Balaban J connectivity index is 1.90. The predicted molar refractivity (Wildman–Crippen MR) is 77.7 cm³/mol. The van der Waals surface area contributed by atoms with Crippen molar-refractivity contribution in [3.63, 3.8) is 0 Å². The van der Waals surface area contributed by atoms with Gasteiger partial charge in [-0.3, -0.25) is 4.79 Å². The van der Waals surface area contributed by atoms with Gasteiger partial charge in [0.15, 0.2) is 5.78 Å². The van der Waals surface area contributed by atoms with E-state index in [0.29, 0.717) is 22.6 Å². The molecule has 4 nitrogen and oxygen atoms in total. The number of aliphatic hydroxyl groups excluding tert-OH is 1. The zero-order valence-corrected chi connectivity index (χ0v) is 12.0. The molecule has 0 saturated heterocycles. The van der Waals surface area contributed by atoms with Gasteiger partial charge >= 0.3 is 0 Å². The van der Waals surface area contributed by atoms with Crippen LogP contribution in [0.25, 0.3) is 0 Å². The number of halogens is 1. The maximum atomic E-state index is 13.3. The summed E-state index contributed by atoms with van der Waals surface area (Å²) in [7, 11) is 1.52. The summed E-state index contributed by atoms with van der Waals surface area (Å²) >= 11 is 0. The van der Waals surface area contributed by atoms with Crippen LogP contribution in [0.5, 0.6) is 11.5 Å². The summed E-state index contributed by atoms with van der Waals surface area (Å²) in [5.41, 5.74) is 0.722. The van der Waals surface area contributed by atoms with Crippen molar-refractivity contribution in [2.45, 2.75) is 6.10 Å². The van der Waals surface area contributed by atoms with Gasteiger partial charge in [-0.1, -0.05) is 12.1 Å². The first-order chi connectivity index (χ1) is 10.6. The largest absolute Gasteiger partial charge is 0.497 e. The highest BCUT2D eigenvalue weighted by Gasteiger charge is 2.35. The molecule has 2 aromatic carbocycles. The molecule has 0 saturated carbocycles. The molecule has 1 aliphatic heterocycles. The first kappa shape index (κ1) is 14.5. The Morgan fingerprint density at radius 3 is 2.91 bits per heavy atom. The highest BCUT2D eigenvalue weighted by Crippen LogP contribution is 2.37. The quantitative estimate of drug-likeness (QED) is 0.886. The van der Waals surface area contributed by atoms with Gasteiger partial charge in [0.05, 0.1) is 19.1 Å². The van der Waals surface area contributed by atoms with Gasteiger partial charge in [-0.05, 0) is 30.3 Å². The number of hydrogen-bond donors (Lipinski definition) is 1. The van der Waals surface area contributed by atoms with E-state index in [2.05, 4.69) is 0 Å². The average molecular weight is 302 g/mol. The molecule has 0 spiro atoms. The molecule has 0 bridgehead atoms. The Kier molecular flexibility index (Phi) is 3.81. The van der Waals surface area contributed by atoms with Crippen molar-refractivity contribution >= 4 is 5.78 Å². The van der Waals surface area contributed by atoms with E-state index < -0.39 is 17.8 Å². The third-order valence-corrected chi connectivity index (χ3v) is 3.78. The van der Waals surface area contributed by atoms with Crippen LogP contribution in [0.3, 0.4) is 0 Å². The molecular weight excluding hydrogens is 287 g/mol. The van der Waals surface area contributed by atoms with E-state index in [1.807, 2.05) is 0 Å². The third-order valence-electron chi connectivity index (χ3n) is 3.78. The Hall–Kier alpha value is -2.40. The van der Waals surface area contributed by atoms with Crippen molar-refractivity contribution in [2.24, 2.45) is 5.92 Å². The molecule has 0 aliphatic carbocycles. The molecule has 0 radical (unpaired) electrons. The number of Topliss-reactive ketones (excluding diaryl/α,β-unsaturated/α-hetero) is 1. The number of rotatable bonds is 3. The first-order valence-electron chi connectivity index (χ1n) is 6.88. The average Bonchev–Trinajstić information content (AvgIpc) is 2.55. The fourth-order valence-corrected chi connectivity index (χ4v) is 2.58. The lowest BCUT2D eigenvalue weighted by molar-refractivity contribution is 0.0415. The second kappa shape index (κ2) is 5.77. The number of carbonyl (C=O) groups is 1. The van der Waals surface area contributed by atoms with Crippen molar-refractivity contribution in [3.05, 3.63) is 59.4 Å². The van der Waals surface area contributed by atoms with E-state index in [9.17, 15) is 14.3 Å². The number of carbonyl (C=O) groups excluding carboxylic acids is 1. The van der Waals surface area contributed by atoms with Crippen LogP contribution in [-0.2, 0) is 0 Å². The van der Waals surface area contributed by atoms with Gasteiger partial charge in [0.25, 0.3) is 0 Å². The van der Waals surface area contributed by atoms with Gasteiger partial charge in [-0.25, -0.2) is 4.39 Å². The third kappa shape index (κ3) is 2.55. The molecule has 0 fully saturated rings. The summed E-state index contributed by atoms with van der Waals surface area (Å²) < 4.78 is 23.9. The summed E-state index contributed by atoms with van der Waals surface area (Å²) in [5, 5.41) is 10.4. The highest BCUT2D eigenvalue weighted by atomic mass is 19.1. The highest BCUT2D eigenvalue weighted by molar-refractivity contribution is 5.99. The summed E-state index contributed by atoms with van der Waals surface area (Å²) in [6.45, 7) is 0.0514. The lowest BCUT2D eigenvalue weighted by atomic mass is 9.87. The molecule has 2 atom stereocenters. The Morgan fingerprint density at radius 1 is 1.32 bits per heavy atom. The zero-order chi connectivity index (χ0) is 15.7. The Morgan fingerprint density at radius 2 is 2.14 bits per heavy atom. The number of benzene rings is 2. The molecule has 2 aromatic rings. The Bertz CT molecular complexity index is 714. The molecule has 114 valence electrons. The minimum absolute atomic E-state index is 0.0514. The maximum Gasteiger partial charge on any atom is 0.172 e. The van der Waals surface area contributed by atoms with Crippen LogP contribution in [0.4, 0.5) is 4.39 Å². The number of aliphatic hydroxyl groups is 1. The maximum absolute atomic E-state index is 13.3. The zero-order valence-electron chi connectivity index (χ0n) is 12.0. The fourth-order valence-electron chi connectivity index (χ4n) is 2.58. The summed E-state index contributed by atoms with van der Waals surface area (Å²) in [5.74, 6) is -0.550. The topological polar surface area (TPSA) is 55.8 Å². The molecule has 1 N–H and O–H groups in total. The number of fused-ring (bicyclic) bond motifs is 1. The van der Waals surface area contributed by atoms with E-state index >= 15 is 0 Å². The lowest BCUT2D eigenvalue weighted by Crippen LogP contribution is -2.32. The predicted octanol–water partition coefficient (Wildman–Crippen LogP) is 2.76. The van der Waals surface area contributed by atoms with Gasteiger partial charge in [-0.2, -0.15) is 0 Å². The first-order valence-corrected chi connectivity index (χ1v) is 6.88. The van der Waals surface area contributed by atoms with Gasteiger partial charge in [0, 0.05) is 11.1 Å². The molecular formula is C17H15FO4. The molecule has 2 unspecified atom stereocenters. The van der Waals surface area contributed by atoms with Gasteiger partial charge in [0.1, 0.15) is 23.9 Å². The monoisotopic (exact) mass is 302 g/mol. The van der Waals surface area contributed by atoms with Crippen molar-refractivity contribution in [1.82, 2.24) is 0 Å². The van der Waals surface area contributed by atoms with Crippen LogP contribution in [0.1, 0.15) is 22.0 Å². The van der Waals surface area contributed by atoms with Crippen LogP contribution in [0.2, 0.25) is 0 Å². The number of methoxy groups -OCH3 is 1. The minimum Gasteiger partial charge on any atom is -0.497 e. The van der Waals surface area contributed by atoms with Gasteiger partial charge in [-0.15, -0.1) is 0 Å². The van der Waals surface area contributed by atoms with Crippen LogP contribution in [-0.4, -0.2) is 24.6 Å². The van der Waals surface area contributed by atoms with E-state index in [0.717, 1.165) is 0 Å². The molecule has 0 aromatic heterocycles. The normalized spacial score (nSPS) is 20.0. The van der Waals surface area contributed by atoms with Crippen LogP contribution < -0.4 is 9.47 Å². The molecule has 0 amide bonds. The summed E-state index contributed by atoms with van der Waals surface area (Å²) in [6.07, 6.45) is -1.10. The summed E-state index contributed by atoms with van der Waals surface area (Å²) in [6, 6.07) is 10.6.